The Kier molecular flexibility index (Phi) is 45.1. The van der Waals surface area contributed by atoms with Gasteiger partial charge >= 0.3 is 30.1 Å². The summed E-state index contributed by atoms with van der Waals surface area (Å²) in [5.41, 5.74) is 8.96. The molecule has 0 aromatic carbocycles. The molecule has 7 N–H and O–H groups in total. The van der Waals surface area contributed by atoms with Gasteiger partial charge in [0, 0.05) is 32.1 Å². The molecule has 6 heterocycles. The van der Waals surface area contributed by atoms with E-state index in [4.69, 9.17) is 43.3 Å². The molecule has 2 fully saturated rings. The average Bonchev–Trinajstić information content (AvgIpc) is 1.62. The van der Waals surface area contributed by atoms with E-state index >= 15 is 0 Å². The van der Waals surface area contributed by atoms with Gasteiger partial charge in [-0.05, 0) is 19.3 Å². The van der Waals surface area contributed by atoms with E-state index in [-0.39, 0.29) is 71.3 Å². The van der Waals surface area contributed by atoms with Gasteiger partial charge in [-0.2, -0.15) is 28.7 Å². The molecule has 22 heteroatoms. The molecule has 0 spiro atoms. The Labute approximate surface area is 597 Å². The van der Waals surface area contributed by atoms with Crippen LogP contribution in [0.25, 0.3) is 22.3 Å². The molecule has 0 aliphatic carbocycles. The first-order valence-corrected chi connectivity index (χ1v) is 39.1. The molecule has 564 valence electrons. The summed E-state index contributed by atoms with van der Waals surface area (Å²) >= 11 is 0. The van der Waals surface area contributed by atoms with E-state index in [9.17, 15) is 38.5 Å². The standard InChI is InChI=1S/C36H70O3.C30H46FN5O4.C12H12FN5O3/c1-3-5-7-9-11-13-15-17-19-21-23-25-27-29-31-33-35(37)39-36(38)34-32-30-28-26-24-22-20-18-16-14-12-10-8-6-4-2;1-3-5-6-7-8-9-10-11-12-13-14-15-16-17-18-19-25(38)39-21-30(4-2)23(37)20-24(40-30)36-22-33-26-27(32)34-29(31)35-28(26)36;1-2-12(4-19)6(20)3-7(21-12)18-5-15-8-9(14)16-11(13)17-10(8)18/h3-34H2,1-2H3;2,22-24,37H,3,5-21H2,1H3,(H2,32,34,35);1,5-7,19-20H,3-4H2,(H2,14,16,17)/t;23-,24+,30+;6-,7+,12+/m.00/s1. The minimum atomic E-state index is -1.52. The number of nitrogens with zero attached hydrogens (tertiary/aromatic N) is 8. The molecule has 0 unspecified atom stereocenters. The normalized spacial score (nSPS) is 18.7. The van der Waals surface area contributed by atoms with Crippen molar-refractivity contribution in [3.8, 4) is 24.7 Å². The maximum atomic E-state index is 13.7. The van der Waals surface area contributed by atoms with Crippen LogP contribution in [0.1, 0.15) is 354 Å². The number of unbranched alkanes of at least 4 members (excludes halogenated alkanes) is 42. The predicted molar refractivity (Wildman–Crippen MR) is 392 cm³/mol. The number of carbonyl (C=O) groups excluding carboxylic acids is 3. The van der Waals surface area contributed by atoms with Gasteiger partial charge in [-0.25, -0.2) is 9.97 Å². The molecule has 6 atom stereocenters. The third-order valence-corrected chi connectivity index (χ3v) is 19.4. The lowest BCUT2D eigenvalue weighted by Crippen LogP contribution is -2.43. The van der Waals surface area contributed by atoms with E-state index in [0.29, 0.717) is 19.3 Å². The lowest BCUT2D eigenvalue weighted by atomic mass is 9.99. The molecule has 20 nitrogen and oxygen atoms in total. The Hall–Kier alpha value is -5.91. The lowest BCUT2D eigenvalue weighted by molar-refractivity contribution is -0.160. The summed E-state index contributed by atoms with van der Waals surface area (Å²) in [5, 5.41) is 30.0. The maximum Gasteiger partial charge on any atom is 0.313 e. The quantitative estimate of drug-likeness (QED) is 0.00902. The molecule has 0 radical (unpaired) electrons. The number of esters is 3. The summed E-state index contributed by atoms with van der Waals surface area (Å²) in [7, 11) is 0. The van der Waals surface area contributed by atoms with Crippen molar-refractivity contribution in [3.05, 3.63) is 24.8 Å². The lowest BCUT2D eigenvalue weighted by Gasteiger charge is -2.26. The molecule has 6 rings (SSSR count). The number of halogens is 2. The number of anilines is 2. The van der Waals surface area contributed by atoms with Crippen molar-refractivity contribution in [2.75, 3.05) is 24.7 Å². The fraction of sp³-hybridized carbons (Fsp3) is 0.782. The molecular weight excluding hydrogens is 1270 g/mol. The molecule has 2 aliphatic heterocycles. The number of imidazole rings is 2. The highest BCUT2D eigenvalue weighted by molar-refractivity contribution is 5.85. The summed E-state index contributed by atoms with van der Waals surface area (Å²) in [6.07, 6.45) is 67.4. The number of hydrogen-bond donors (Lipinski definition) is 5. The van der Waals surface area contributed by atoms with Gasteiger partial charge in [-0.3, -0.25) is 23.5 Å². The third kappa shape index (κ3) is 33.0. The van der Waals surface area contributed by atoms with Crippen LogP contribution >= 0.6 is 0 Å². The maximum absolute atomic E-state index is 13.7. The molecule has 2 aliphatic rings. The Bertz CT molecular complexity index is 2910. The molecule has 2 saturated heterocycles. The van der Waals surface area contributed by atoms with Crippen molar-refractivity contribution in [2.24, 2.45) is 0 Å². The van der Waals surface area contributed by atoms with E-state index in [1.807, 2.05) is 0 Å². The van der Waals surface area contributed by atoms with Gasteiger partial charge < -0.3 is 45.7 Å². The van der Waals surface area contributed by atoms with Gasteiger partial charge in [0.2, 0.25) is 0 Å². The van der Waals surface area contributed by atoms with Crippen LogP contribution in [0.4, 0.5) is 20.4 Å². The fourth-order valence-electron chi connectivity index (χ4n) is 13.1. The van der Waals surface area contributed by atoms with Crippen molar-refractivity contribution in [3.63, 3.8) is 0 Å². The SMILES string of the molecule is C#C[C@]1(CO)O[C@@H](n2cnc3c(N)nc(F)nc32)C[C@@H]1O.C#C[C@]1(COC(=O)CCCCCCCCCCCCCCCCC)O[C@@H](n2cnc3c(N)nc(F)nc32)C[C@@H]1O.CCCCCCCCCCCCCCCCCC(=O)OC(=O)CCCCCCCCCCCCCCCCC. The number of aliphatic hydroxyl groups is 3. The largest absolute Gasteiger partial charge is 0.461 e. The second kappa shape index (κ2) is 52.1. The fourth-order valence-corrected chi connectivity index (χ4v) is 13.1. The number of hydrogen-bond acceptors (Lipinski definition) is 18. The van der Waals surface area contributed by atoms with E-state index in [0.717, 1.165) is 44.9 Å². The van der Waals surface area contributed by atoms with Crippen LogP contribution in [0, 0.1) is 36.8 Å². The number of terminal acetylenes is 2. The molecule has 0 bridgehead atoms. The Morgan fingerprint density at radius 1 is 0.470 bits per heavy atom. The van der Waals surface area contributed by atoms with Gasteiger partial charge in [0.1, 0.15) is 31.3 Å². The molecule has 0 amide bonds. The Balaban J connectivity index is 0.000000333. The van der Waals surface area contributed by atoms with E-state index in [1.165, 1.54) is 266 Å². The zero-order valence-corrected chi connectivity index (χ0v) is 61.6. The molecule has 100 heavy (non-hydrogen) atoms. The Morgan fingerprint density at radius 3 is 1.02 bits per heavy atom. The van der Waals surface area contributed by atoms with Crippen LogP contribution in [-0.2, 0) is 33.3 Å². The molecule has 0 saturated carbocycles. The van der Waals surface area contributed by atoms with Crippen LogP contribution in [0.15, 0.2) is 12.7 Å². The van der Waals surface area contributed by atoms with Gasteiger partial charge in [0.05, 0.1) is 19.3 Å². The molecule has 4 aromatic rings. The topological polar surface area (TPSA) is 288 Å². The minimum Gasteiger partial charge on any atom is -0.461 e. The number of aromatic nitrogens is 8. The highest BCUT2D eigenvalue weighted by atomic mass is 19.1. The van der Waals surface area contributed by atoms with Gasteiger partial charge in [-0.1, -0.05) is 302 Å². The van der Waals surface area contributed by atoms with Crippen molar-refractivity contribution >= 4 is 51.9 Å². The second-order valence-electron chi connectivity index (χ2n) is 27.9. The summed E-state index contributed by atoms with van der Waals surface area (Å²) in [4.78, 5) is 58.5. The first-order chi connectivity index (χ1) is 48.6. The minimum absolute atomic E-state index is 0.0811. The monoisotopic (exact) mass is 1400 g/mol. The number of aliphatic hydroxyl groups excluding tert-OH is 3. The van der Waals surface area contributed by atoms with Crippen LogP contribution in [-0.4, -0.2) is 109 Å². The van der Waals surface area contributed by atoms with E-state index < -0.39 is 54.6 Å². The zero-order chi connectivity index (χ0) is 72.5. The van der Waals surface area contributed by atoms with Gasteiger partial charge in [0.25, 0.3) is 0 Å². The third-order valence-electron chi connectivity index (χ3n) is 19.4. The molecule has 4 aromatic heterocycles. The van der Waals surface area contributed by atoms with Crippen molar-refractivity contribution in [2.45, 2.75) is 378 Å². The van der Waals surface area contributed by atoms with Crippen LogP contribution < -0.4 is 11.5 Å². The smallest absolute Gasteiger partial charge is 0.313 e. The number of rotatable bonds is 53. The van der Waals surface area contributed by atoms with Crippen molar-refractivity contribution in [1.29, 1.82) is 0 Å². The van der Waals surface area contributed by atoms with Crippen LogP contribution in [0.2, 0.25) is 0 Å². The van der Waals surface area contributed by atoms with Gasteiger partial charge in [0.15, 0.2) is 45.2 Å². The van der Waals surface area contributed by atoms with E-state index in [1.54, 1.807) is 0 Å². The highest BCUT2D eigenvalue weighted by Crippen LogP contribution is 2.40. The number of nitrogens with two attached hydrogens (primary N) is 2. The number of nitrogen functional groups attached to an aromatic ring is 2. The second-order valence-corrected chi connectivity index (χ2v) is 27.9. The first kappa shape index (κ1) is 86.5. The summed E-state index contributed by atoms with van der Waals surface area (Å²) in [6.45, 7) is 5.99. The summed E-state index contributed by atoms with van der Waals surface area (Å²) in [5.74, 6) is 3.48. The number of ether oxygens (including phenoxy) is 4. The Morgan fingerprint density at radius 2 is 0.740 bits per heavy atom. The number of carbonyl (C=O) groups is 3. The highest BCUT2D eigenvalue weighted by Gasteiger charge is 2.50. The predicted octanol–water partition coefficient (Wildman–Crippen LogP) is 17.8. The first-order valence-electron chi connectivity index (χ1n) is 39.1. The number of fused-ring (bicyclic) bond motifs is 2. The van der Waals surface area contributed by atoms with E-state index in [2.05, 4.69) is 62.5 Å². The van der Waals surface area contributed by atoms with Crippen molar-refractivity contribution < 1.29 is 57.4 Å². The van der Waals surface area contributed by atoms with Crippen LogP contribution in [0.3, 0.4) is 0 Å². The van der Waals surface area contributed by atoms with Crippen molar-refractivity contribution in [1.82, 2.24) is 39.0 Å². The summed E-state index contributed by atoms with van der Waals surface area (Å²) < 4.78 is 51.8. The van der Waals surface area contributed by atoms with Crippen LogP contribution in [0.5, 0.6) is 0 Å². The van der Waals surface area contributed by atoms with Gasteiger partial charge in [-0.15, -0.1) is 12.8 Å². The average molecular weight is 1400 g/mol. The zero-order valence-electron chi connectivity index (χ0n) is 61.6. The molecular formula is C78H128F2N10O10. The summed E-state index contributed by atoms with van der Waals surface area (Å²) in [6, 6.07) is 0.